The smallest absolute Gasteiger partial charge is 0.253 e. The molecule has 5 heteroatoms. The molecule has 1 aliphatic carbocycles. The second kappa shape index (κ2) is 7.56. The van der Waals surface area contributed by atoms with Crippen molar-refractivity contribution in [3.63, 3.8) is 0 Å². The molecule has 1 aliphatic heterocycles. The van der Waals surface area contributed by atoms with Gasteiger partial charge < -0.3 is 15.3 Å². The normalized spacial score (nSPS) is 26.5. The van der Waals surface area contributed by atoms with Crippen molar-refractivity contribution in [2.75, 3.05) is 18.4 Å². The Morgan fingerprint density at radius 3 is 2.64 bits per heavy atom. The summed E-state index contributed by atoms with van der Waals surface area (Å²) in [5, 5.41) is 12.8. The van der Waals surface area contributed by atoms with Gasteiger partial charge in [-0.3, -0.25) is 9.59 Å². The highest BCUT2D eigenvalue weighted by Crippen LogP contribution is 2.28. The number of aliphatic hydroxyl groups is 1. The number of amides is 2. The number of nitrogens with zero attached hydrogens (tertiary/aromatic N) is 1. The molecule has 5 nitrogen and oxygen atoms in total. The minimum absolute atomic E-state index is 0.0683. The molecular weight excluding hydrogens is 316 g/mol. The van der Waals surface area contributed by atoms with Crippen LogP contribution in [0.2, 0.25) is 0 Å². The van der Waals surface area contributed by atoms with E-state index in [2.05, 4.69) is 12.2 Å². The lowest BCUT2D eigenvalue weighted by Crippen LogP contribution is -2.39. The number of hydrogen-bond donors (Lipinski definition) is 2. The molecule has 2 N–H and O–H groups in total. The van der Waals surface area contributed by atoms with Crippen LogP contribution in [-0.2, 0) is 4.79 Å². The predicted octanol–water partition coefficient (Wildman–Crippen LogP) is 2.97. The highest BCUT2D eigenvalue weighted by atomic mass is 16.3. The van der Waals surface area contributed by atoms with Gasteiger partial charge in [0.25, 0.3) is 5.91 Å². The minimum Gasteiger partial charge on any atom is -0.392 e. The van der Waals surface area contributed by atoms with E-state index >= 15 is 0 Å². The molecular formula is C20H28N2O3. The second-order valence-corrected chi connectivity index (χ2v) is 7.62. The zero-order valence-electron chi connectivity index (χ0n) is 15.1. The maximum Gasteiger partial charge on any atom is 0.253 e. The Balaban J connectivity index is 1.68. The molecule has 2 amide bonds. The second-order valence-electron chi connectivity index (χ2n) is 7.62. The Kier molecular flexibility index (Phi) is 5.42. The minimum atomic E-state index is -0.540. The van der Waals surface area contributed by atoms with Gasteiger partial charge in [0.05, 0.1) is 12.0 Å². The molecule has 0 radical (unpaired) electrons. The largest absolute Gasteiger partial charge is 0.392 e. The molecule has 3 atom stereocenters. The summed E-state index contributed by atoms with van der Waals surface area (Å²) < 4.78 is 0. The topological polar surface area (TPSA) is 69.6 Å². The van der Waals surface area contributed by atoms with Crippen molar-refractivity contribution in [3.8, 4) is 0 Å². The fraction of sp³-hybridized carbons (Fsp3) is 0.600. The molecule has 1 heterocycles. The zero-order valence-corrected chi connectivity index (χ0v) is 15.1. The van der Waals surface area contributed by atoms with E-state index in [1.807, 2.05) is 17.9 Å². The van der Waals surface area contributed by atoms with Gasteiger partial charge in [0.2, 0.25) is 5.91 Å². The van der Waals surface area contributed by atoms with Gasteiger partial charge in [0.1, 0.15) is 0 Å². The lowest BCUT2D eigenvalue weighted by atomic mass is 9.99. The van der Waals surface area contributed by atoms with Gasteiger partial charge in [0, 0.05) is 24.3 Å². The van der Waals surface area contributed by atoms with Crippen molar-refractivity contribution >= 4 is 17.5 Å². The van der Waals surface area contributed by atoms with Crippen molar-refractivity contribution in [2.24, 2.45) is 11.8 Å². The third kappa shape index (κ3) is 4.03. The summed E-state index contributed by atoms with van der Waals surface area (Å²) in [4.78, 5) is 26.9. The van der Waals surface area contributed by atoms with E-state index in [-0.39, 0.29) is 17.7 Å². The molecule has 3 rings (SSSR count). The fourth-order valence-corrected chi connectivity index (χ4v) is 3.97. The molecule has 2 fully saturated rings. The first-order chi connectivity index (χ1) is 12.0. The highest BCUT2D eigenvalue weighted by molar-refractivity contribution is 5.97. The molecule has 25 heavy (non-hydrogen) atoms. The van der Waals surface area contributed by atoms with Crippen LogP contribution in [0.15, 0.2) is 18.2 Å². The highest BCUT2D eigenvalue weighted by Gasteiger charge is 2.31. The number of hydrogen-bond acceptors (Lipinski definition) is 3. The number of nitrogens with one attached hydrogen (secondary N) is 1. The van der Waals surface area contributed by atoms with Crippen LogP contribution in [0.5, 0.6) is 0 Å². The Labute approximate surface area is 149 Å². The van der Waals surface area contributed by atoms with Gasteiger partial charge in [-0.15, -0.1) is 0 Å². The molecule has 1 aromatic carbocycles. The van der Waals surface area contributed by atoms with Crippen LogP contribution < -0.4 is 5.32 Å². The number of anilines is 1. The SMILES string of the molecule is Cc1cc(C(=O)N2CCCC(C)C2)ccc1NC(=O)C1CCCC1O. The van der Waals surface area contributed by atoms with Gasteiger partial charge in [-0.2, -0.15) is 0 Å². The molecule has 3 unspecified atom stereocenters. The number of aliphatic hydroxyl groups excluding tert-OH is 1. The van der Waals surface area contributed by atoms with Crippen LogP contribution in [0, 0.1) is 18.8 Å². The van der Waals surface area contributed by atoms with E-state index in [9.17, 15) is 14.7 Å². The van der Waals surface area contributed by atoms with Gasteiger partial charge in [-0.05, 0) is 68.7 Å². The predicted molar refractivity (Wildman–Crippen MR) is 97.5 cm³/mol. The summed E-state index contributed by atoms with van der Waals surface area (Å²) in [6, 6.07) is 5.44. The third-order valence-electron chi connectivity index (χ3n) is 5.49. The summed E-state index contributed by atoms with van der Waals surface area (Å²) >= 11 is 0. The van der Waals surface area contributed by atoms with Gasteiger partial charge >= 0.3 is 0 Å². The summed E-state index contributed by atoms with van der Waals surface area (Å²) in [5.74, 6) is 0.168. The van der Waals surface area contributed by atoms with Crippen LogP contribution >= 0.6 is 0 Å². The Morgan fingerprint density at radius 1 is 1.20 bits per heavy atom. The number of rotatable bonds is 3. The molecule has 0 bridgehead atoms. The van der Waals surface area contributed by atoms with Crippen LogP contribution in [0.3, 0.4) is 0 Å². The van der Waals surface area contributed by atoms with Crippen molar-refractivity contribution in [2.45, 2.75) is 52.1 Å². The van der Waals surface area contributed by atoms with E-state index in [0.717, 1.165) is 37.9 Å². The number of carbonyl (C=O) groups is 2. The molecule has 1 aromatic rings. The maximum absolute atomic E-state index is 12.7. The number of benzene rings is 1. The average molecular weight is 344 g/mol. The molecule has 1 saturated carbocycles. The standard InChI is InChI=1S/C20H28N2O3/c1-13-5-4-10-22(12-13)20(25)15-8-9-17(14(2)11-15)21-19(24)16-6-3-7-18(16)23/h8-9,11,13,16,18,23H,3-7,10,12H2,1-2H3,(H,21,24). The lowest BCUT2D eigenvalue weighted by molar-refractivity contribution is -0.122. The third-order valence-corrected chi connectivity index (χ3v) is 5.49. The monoisotopic (exact) mass is 344 g/mol. The average Bonchev–Trinajstić information content (AvgIpc) is 3.02. The number of aryl methyl sites for hydroxylation is 1. The Hall–Kier alpha value is -1.88. The van der Waals surface area contributed by atoms with Crippen molar-refractivity contribution < 1.29 is 14.7 Å². The van der Waals surface area contributed by atoms with Crippen LogP contribution in [0.1, 0.15) is 54.9 Å². The summed E-state index contributed by atoms with van der Waals surface area (Å²) in [5.41, 5.74) is 2.26. The number of likely N-dealkylation sites (tertiary alicyclic amines) is 1. The molecule has 0 spiro atoms. The van der Waals surface area contributed by atoms with Crippen molar-refractivity contribution in [1.82, 2.24) is 4.90 Å². The first kappa shape index (κ1) is 17.9. The first-order valence-electron chi connectivity index (χ1n) is 9.34. The van der Waals surface area contributed by atoms with Gasteiger partial charge in [0.15, 0.2) is 0 Å². The molecule has 2 aliphatic rings. The summed E-state index contributed by atoms with van der Waals surface area (Å²) in [7, 11) is 0. The van der Waals surface area contributed by atoms with E-state index < -0.39 is 6.10 Å². The quantitative estimate of drug-likeness (QED) is 0.886. The van der Waals surface area contributed by atoms with Crippen molar-refractivity contribution in [1.29, 1.82) is 0 Å². The summed E-state index contributed by atoms with van der Waals surface area (Å²) in [6.07, 6.45) is 4.01. The van der Waals surface area contributed by atoms with E-state index in [1.54, 1.807) is 12.1 Å². The van der Waals surface area contributed by atoms with E-state index in [4.69, 9.17) is 0 Å². The number of piperidine rings is 1. The van der Waals surface area contributed by atoms with E-state index in [1.165, 1.54) is 6.42 Å². The van der Waals surface area contributed by atoms with Crippen molar-refractivity contribution in [3.05, 3.63) is 29.3 Å². The number of carbonyl (C=O) groups excluding carboxylic acids is 2. The van der Waals surface area contributed by atoms with Crippen LogP contribution in [0.4, 0.5) is 5.69 Å². The van der Waals surface area contributed by atoms with E-state index in [0.29, 0.717) is 23.6 Å². The molecule has 136 valence electrons. The summed E-state index contributed by atoms with van der Waals surface area (Å²) in [6.45, 7) is 5.72. The van der Waals surface area contributed by atoms with Crippen LogP contribution in [-0.4, -0.2) is 41.0 Å². The molecule has 0 aromatic heterocycles. The maximum atomic E-state index is 12.7. The van der Waals surface area contributed by atoms with Crippen LogP contribution in [0.25, 0.3) is 0 Å². The Morgan fingerprint density at radius 2 is 2.00 bits per heavy atom. The Bertz CT molecular complexity index is 658. The zero-order chi connectivity index (χ0) is 18.0. The molecule has 1 saturated heterocycles. The van der Waals surface area contributed by atoms with Gasteiger partial charge in [-0.1, -0.05) is 6.92 Å². The fourth-order valence-electron chi connectivity index (χ4n) is 3.97. The first-order valence-corrected chi connectivity index (χ1v) is 9.34. The van der Waals surface area contributed by atoms with Gasteiger partial charge in [-0.25, -0.2) is 0 Å². The lowest BCUT2D eigenvalue weighted by Gasteiger charge is -2.31.